The van der Waals surface area contributed by atoms with Crippen molar-refractivity contribution in [3.05, 3.63) is 46.3 Å². The first-order valence-corrected chi connectivity index (χ1v) is 7.99. The number of aromatic amines is 1. The average molecular weight is 351 g/mol. The third kappa shape index (κ3) is 5.27. The Bertz CT molecular complexity index is 757. The van der Waals surface area contributed by atoms with Gasteiger partial charge in [0.05, 0.1) is 37.3 Å². The minimum Gasteiger partial charge on any atom is -0.469 e. The van der Waals surface area contributed by atoms with E-state index in [1.54, 1.807) is 19.1 Å². The summed E-state index contributed by atoms with van der Waals surface area (Å²) in [5, 5.41) is 2.50. The summed E-state index contributed by atoms with van der Waals surface area (Å²) in [6.07, 6.45) is 1.42. The van der Waals surface area contributed by atoms with Gasteiger partial charge in [-0.3, -0.25) is 14.4 Å². The van der Waals surface area contributed by atoms with Crippen molar-refractivity contribution in [3.8, 4) is 0 Å². The van der Waals surface area contributed by atoms with Gasteiger partial charge >= 0.3 is 5.97 Å². The van der Waals surface area contributed by atoms with Crippen molar-refractivity contribution in [3.63, 3.8) is 0 Å². The highest BCUT2D eigenvalue weighted by molar-refractivity contribution is 8.00. The molecule has 0 aliphatic heterocycles. The molecule has 1 amide bonds. The second-order valence-corrected chi connectivity index (χ2v) is 6.18. The molecule has 2 rings (SSSR count). The number of methoxy groups -OCH3 is 1. The Morgan fingerprint density at radius 3 is 2.96 bits per heavy atom. The number of hydrogen-bond donors (Lipinski definition) is 2. The number of amides is 1. The fraction of sp³-hybridized carbons (Fsp3) is 0.333. The van der Waals surface area contributed by atoms with Gasteiger partial charge in [-0.05, 0) is 19.1 Å². The summed E-state index contributed by atoms with van der Waals surface area (Å²) in [4.78, 5) is 41.7. The van der Waals surface area contributed by atoms with Crippen molar-refractivity contribution in [2.45, 2.75) is 30.3 Å². The number of carbonyl (C=O) groups excluding carboxylic acids is 2. The molecule has 0 bridgehead atoms. The molecule has 2 N–H and O–H groups in total. The van der Waals surface area contributed by atoms with Gasteiger partial charge in [0.1, 0.15) is 5.76 Å². The van der Waals surface area contributed by atoms with Crippen LogP contribution in [0, 0.1) is 0 Å². The number of nitrogens with one attached hydrogen (secondary N) is 2. The Kier molecular flexibility index (Phi) is 6.19. The lowest BCUT2D eigenvalue weighted by molar-refractivity contribution is -0.139. The van der Waals surface area contributed by atoms with Crippen molar-refractivity contribution in [1.29, 1.82) is 0 Å². The van der Waals surface area contributed by atoms with Crippen LogP contribution in [-0.2, 0) is 27.3 Å². The molecule has 128 valence electrons. The zero-order valence-electron chi connectivity index (χ0n) is 13.2. The monoisotopic (exact) mass is 351 g/mol. The first-order valence-electron chi connectivity index (χ1n) is 7.11. The van der Waals surface area contributed by atoms with Crippen LogP contribution in [0.2, 0.25) is 0 Å². The van der Waals surface area contributed by atoms with Gasteiger partial charge in [-0.15, -0.1) is 0 Å². The molecule has 0 radical (unpaired) electrons. The van der Waals surface area contributed by atoms with Gasteiger partial charge in [-0.2, -0.15) is 0 Å². The second kappa shape index (κ2) is 8.34. The van der Waals surface area contributed by atoms with E-state index in [-0.39, 0.29) is 29.7 Å². The van der Waals surface area contributed by atoms with E-state index in [1.807, 2.05) is 0 Å². The SMILES string of the molecule is COC(=O)Cc1cc(=O)[nH]c(S[C@H](C)C(=O)NCc2ccco2)n1. The molecule has 0 spiro atoms. The molecule has 24 heavy (non-hydrogen) atoms. The Morgan fingerprint density at radius 2 is 2.29 bits per heavy atom. The van der Waals surface area contributed by atoms with Crippen molar-refractivity contribution >= 4 is 23.6 Å². The molecular weight excluding hydrogens is 334 g/mol. The van der Waals surface area contributed by atoms with Crippen LogP contribution in [0.4, 0.5) is 0 Å². The van der Waals surface area contributed by atoms with E-state index in [0.717, 1.165) is 11.8 Å². The van der Waals surface area contributed by atoms with Crippen LogP contribution >= 0.6 is 11.8 Å². The minimum absolute atomic E-state index is 0.104. The highest BCUT2D eigenvalue weighted by Crippen LogP contribution is 2.18. The minimum atomic E-state index is -0.492. The molecule has 2 aromatic rings. The van der Waals surface area contributed by atoms with Crippen LogP contribution in [0.15, 0.2) is 38.8 Å². The predicted molar refractivity (Wildman–Crippen MR) is 86.5 cm³/mol. The van der Waals surface area contributed by atoms with E-state index < -0.39 is 16.8 Å². The molecule has 0 aliphatic rings. The van der Waals surface area contributed by atoms with Gasteiger partial charge in [0.15, 0.2) is 5.16 Å². The lowest BCUT2D eigenvalue weighted by Crippen LogP contribution is -2.30. The summed E-state index contributed by atoms with van der Waals surface area (Å²) in [6.45, 7) is 1.97. The van der Waals surface area contributed by atoms with Crippen molar-refractivity contribution < 1.29 is 18.7 Å². The maximum absolute atomic E-state index is 12.1. The Balaban J connectivity index is 1.97. The van der Waals surface area contributed by atoms with Crippen LogP contribution in [0.1, 0.15) is 18.4 Å². The predicted octanol–water partition coefficient (Wildman–Crippen LogP) is 0.875. The smallest absolute Gasteiger partial charge is 0.311 e. The molecule has 0 saturated heterocycles. The number of ether oxygens (including phenoxy) is 1. The van der Waals surface area contributed by atoms with E-state index in [4.69, 9.17) is 4.42 Å². The van der Waals surface area contributed by atoms with Crippen molar-refractivity contribution in [1.82, 2.24) is 15.3 Å². The number of thioether (sulfide) groups is 1. The third-order valence-electron chi connectivity index (χ3n) is 3.00. The normalized spacial score (nSPS) is 11.8. The van der Waals surface area contributed by atoms with Gasteiger partial charge in [0.25, 0.3) is 5.56 Å². The standard InChI is InChI=1S/C15H17N3O5S/c1-9(14(21)16-8-11-4-3-5-23-11)24-15-17-10(6-12(19)18-15)7-13(20)22-2/h3-6,9H,7-8H2,1-2H3,(H,16,21)(H,17,18,19)/t9-/m1/s1. The number of hydrogen-bond acceptors (Lipinski definition) is 7. The Hall–Kier alpha value is -2.55. The molecule has 0 saturated carbocycles. The van der Waals surface area contributed by atoms with Gasteiger partial charge in [0, 0.05) is 6.07 Å². The lowest BCUT2D eigenvalue weighted by atomic mass is 10.3. The van der Waals surface area contributed by atoms with Gasteiger partial charge < -0.3 is 19.5 Å². The Labute approximate surface area is 142 Å². The van der Waals surface area contributed by atoms with Crippen LogP contribution in [0.5, 0.6) is 0 Å². The van der Waals surface area contributed by atoms with Crippen LogP contribution in [0.25, 0.3) is 0 Å². The van der Waals surface area contributed by atoms with E-state index in [9.17, 15) is 14.4 Å². The molecule has 2 heterocycles. The number of carbonyl (C=O) groups is 2. The van der Waals surface area contributed by atoms with E-state index in [0.29, 0.717) is 5.76 Å². The molecule has 2 aromatic heterocycles. The van der Waals surface area contributed by atoms with Gasteiger partial charge in [0.2, 0.25) is 5.91 Å². The molecule has 9 heteroatoms. The van der Waals surface area contributed by atoms with Crippen LogP contribution in [0.3, 0.4) is 0 Å². The zero-order valence-corrected chi connectivity index (χ0v) is 14.0. The quantitative estimate of drug-likeness (QED) is 0.432. The first kappa shape index (κ1) is 17.8. The summed E-state index contributed by atoms with van der Waals surface area (Å²) in [5.74, 6) is -0.0714. The largest absolute Gasteiger partial charge is 0.469 e. The highest BCUT2D eigenvalue weighted by atomic mass is 32.2. The van der Waals surface area contributed by atoms with Gasteiger partial charge in [-0.25, -0.2) is 4.98 Å². The number of nitrogens with zero attached hydrogens (tertiary/aromatic N) is 1. The summed E-state index contributed by atoms with van der Waals surface area (Å²) in [5.41, 5.74) is -0.106. The number of esters is 1. The molecule has 0 aliphatic carbocycles. The summed E-state index contributed by atoms with van der Waals surface area (Å²) in [7, 11) is 1.26. The maximum Gasteiger partial charge on any atom is 0.311 e. The molecule has 0 fully saturated rings. The number of H-pyrrole nitrogens is 1. The summed E-state index contributed by atoms with van der Waals surface area (Å²) >= 11 is 1.09. The van der Waals surface area contributed by atoms with Crippen LogP contribution < -0.4 is 10.9 Å². The lowest BCUT2D eigenvalue weighted by Gasteiger charge is -2.11. The molecule has 0 aromatic carbocycles. The van der Waals surface area contributed by atoms with Crippen molar-refractivity contribution in [2.75, 3.05) is 7.11 Å². The molecule has 0 unspecified atom stereocenters. The zero-order chi connectivity index (χ0) is 17.5. The molecule has 8 nitrogen and oxygen atoms in total. The maximum atomic E-state index is 12.1. The molecule has 1 atom stereocenters. The third-order valence-corrected chi connectivity index (χ3v) is 3.98. The van der Waals surface area contributed by atoms with Gasteiger partial charge in [-0.1, -0.05) is 11.8 Å². The van der Waals surface area contributed by atoms with Crippen LogP contribution in [-0.4, -0.2) is 34.2 Å². The number of furan rings is 1. The average Bonchev–Trinajstić information content (AvgIpc) is 3.05. The number of aromatic nitrogens is 2. The Morgan fingerprint density at radius 1 is 1.50 bits per heavy atom. The topological polar surface area (TPSA) is 114 Å². The molecular formula is C15H17N3O5S. The summed E-state index contributed by atoms with van der Waals surface area (Å²) < 4.78 is 9.69. The fourth-order valence-electron chi connectivity index (χ4n) is 1.80. The number of rotatable bonds is 7. The fourth-order valence-corrected chi connectivity index (χ4v) is 2.66. The second-order valence-electron chi connectivity index (χ2n) is 4.85. The van der Waals surface area contributed by atoms with E-state index >= 15 is 0 Å². The van der Waals surface area contributed by atoms with Crippen molar-refractivity contribution in [2.24, 2.45) is 0 Å². The van der Waals surface area contributed by atoms with E-state index in [2.05, 4.69) is 20.0 Å². The highest BCUT2D eigenvalue weighted by Gasteiger charge is 2.17. The first-order chi connectivity index (χ1) is 11.5. The van der Waals surface area contributed by atoms with E-state index in [1.165, 1.54) is 19.4 Å². The summed E-state index contributed by atoms with van der Waals surface area (Å²) in [6, 6.07) is 4.72.